The van der Waals surface area contributed by atoms with Crippen molar-refractivity contribution < 1.29 is 8.42 Å². The van der Waals surface area contributed by atoms with Crippen LogP contribution in [0.2, 0.25) is 0 Å². The maximum atomic E-state index is 12.1. The van der Waals surface area contributed by atoms with E-state index in [-0.39, 0.29) is 17.9 Å². The van der Waals surface area contributed by atoms with Crippen molar-refractivity contribution in [1.82, 2.24) is 14.3 Å². The number of aryl methyl sites for hydroxylation is 1. The number of nitrogens with zero attached hydrogens (tertiary/aromatic N) is 2. The van der Waals surface area contributed by atoms with Gasteiger partial charge in [0, 0.05) is 31.0 Å². The molecule has 0 aliphatic heterocycles. The standard InChI is InChI=1S/C12H22N4O3S/c1-5-7-16-8-6-13-10(11(16)17)14-9-12(2,3)15-20(4,18)19/h6,8,15H,5,7,9H2,1-4H3,(H,13,14). The zero-order valence-corrected chi connectivity index (χ0v) is 13.1. The normalized spacial score (nSPS) is 12.4. The number of sulfonamides is 1. The SMILES string of the molecule is CCCn1ccnc(NCC(C)(C)NS(C)(=O)=O)c1=O. The molecule has 0 spiro atoms. The van der Waals surface area contributed by atoms with E-state index in [0.717, 1.165) is 12.7 Å². The highest BCUT2D eigenvalue weighted by Crippen LogP contribution is 2.05. The van der Waals surface area contributed by atoms with Crippen molar-refractivity contribution >= 4 is 15.8 Å². The van der Waals surface area contributed by atoms with Gasteiger partial charge in [-0.3, -0.25) is 4.79 Å². The number of anilines is 1. The van der Waals surface area contributed by atoms with Crippen molar-refractivity contribution in [2.45, 2.75) is 39.3 Å². The van der Waals surface area contributed by atoms with E-state index in [1.165, 1.54) is 0 Å². The minimum absolute atomic E-state index is 0.204. The molecule has 2 N–H and O–H groups in total. The van der Waals surface area contributed by atoms with E-state index in [1.54, 1.807) is 30.8 Å². The van der Waals surface area contributed by atoms with Gasteiger partial charge in [-0.1, -0.05) is 6.92 Å². The molecule has 20 heavy (non-hydrogen) atoms. The number of hydrogen-bond acceptors (Lipinski definition) is 5. The Kier molecular flexibility index (Phi) is 5.29. The average molecular weight is 302 g/mol. The van der Waals surface area contributed by atoms with Crippen LogP contribution in [0, 0.1) is 0 Å². The molecule has 1 heterocycles. The quantitative estimate of drug-likeness (QED) is 0.760. The number of rotatable bonds is 7. The molecular formula is C12H22N4O3S. The lowest BCUT2D eigenvalue weighted by molar-refractivity contribution is 0.475. The van der Waals surface area contributed by atoms with E-state index < -0.39 is 15.6 Å². The molecule has 1 aromatic heterocycles. The van der Waals surface area contributed by atoms with Gasteiger partial charge in [0.05, 0.1) is 6.26 Å². The van der Waals surface area contributed by atoms with E-state index in [1.807, 2.05) is 6.92 Å². The Morgan fingerprint density at radius 2 is 2.05 bits per heavy atom. The molecule has 0 atom stereocenters. The summed E-state index contributed by atoms with van der Waals surface area (Å²) in [5.74, 6) is 0.226. The molecule has 0 fully saturated rings. The van der Waals surface area contributed by atoms with Gasteiger partial charge in [0.1, 0.15) is 0 Å². The molecule has 1 aromatic rings. The first-order valence-corrected chi connectivity index (χ1v) is 8.32. The van der Waals surface area contributed by atoms with Gasteiger partial charge in [0.2, 0.25) is 10.0 Å². The summed E-state index contributed by atoms with van der Waals surface area (Å²) in [7, 11) is -3.31. The fourth-order valence-electron chi connectivity index (χ4n) is 1.83. The Balaban J connectivity index is 2.80. The summed E-state index contributed by atoms with van der Waals surface area (Å²) in [5.41, 5.74) is -0.919. The van der Waals surface area contributed by atoms with Gasteiger partial charge < -0.3 is 9.88 Å². The van der Waals surface area contributed by atoms with Gasteiger partial charge in [0.15, 0.2) is 5.82 Å². The fraction of sp³-hybridized carbons (Fsp3) is 0.667. The largest absolute Gasteiger partial charge is 0.364 e. The predicted octanol–water partition coefficient (Wildman–Crippen LogP) is 0.393. The Morgan fingerprint density at radius 1 is 1.40 bits per heavy atom. The maximum absolute atomic E-state index is 12.1. The van der Waals surface area contributed by atoms with Crippen molar-refractivity contribution in [2.75, 3.05) is 18.1 Å². The molecular weight excluding hydrogens is 280 g/mol. The first kappa shape index (κ1) is 16.6. The minimum atomic E-state index is -3.31. The monoisotopic (exact) mass is 302 g/mol. The van der Waals surface area contributed by atoms with Crippen LogP contribution in [-0.4, -0.2) is 36.3 Å². The van der Waals surface area contributed by atoms with Gasteiger partial charge in [-0.25, -0.2) is 18.1 Å². The van der Waals surface area contributed by atoms with Gasteiger partial charge >= 0.3 is 0 Å². The summed E-state index contributed by atoms with van der Waals surface area (Å²) < 4.78 is 26.6. The van der Waals surface area contributed by atoms with Crippen molar-refractivity contribution in [3.05, 3.63) is 22.7 Å². The van der Waals surface area contributed by atoms with Crippen LogP contribution in [0.5, 0.6) is 0 Å². The summed E-state index contributed by atoms with van der Waals surface area (Å²) in [4.78, 5) is 16.1. The molecule has 0 aromatic carbocycles. The predicted molar refractivity (Wildman–Crippen MR) is 79.3 cm³/mol. The van der Waals surface area contributed by atoms with Gasteiger partial charge in [-0.15, -0.1) is 0 Å². The summed E-state index contributed by atoms with van der Waals surface area (Å²) >= 11 is 0. The zero-order chi connectivity index (χ0) is 15.4. The summed E-state index contributed by atoms with van der Waals surface area (Å²) in [6.45, 7) is 6.34. The van der Waals surface area contributed by atoms with Crippen LogP contribution in [0.4, 0.5) is 5.82 Å². The highest BCUT2D eigenvalue weighted by atomic mass is 32.2. The smallest absolute Gasteiger partial charge is 0.293 e. The van der Waals surface area contributed by atoms with E-state index in [4.69, 9.17) is 0 Å². The van der Waals surface area contributed by atoms with Crippen LogP contribution in [-0.2, 0) is 16.6 Å². The molecule has 7 nitrogen and oxygen atoms in total. The highest BCUT2D eigenvalue weighted by Gasteiger charge is 2.22. The van der Waals surface area contributed by atoms with Crippen LogP contribution in [0.15, 0.2) is 17.2 Å². The molecule has 0 radical (unpaired) electrons. The Hall–Kier alpha value is -1.41. The summed E-state index contributed by atoms with van der Waals surface area (Å²) in [6, 6.07) is 0. The third-order valence-corrected chi connectivity index (χ3v) is 3.46. The molecule has 0 unspecified atom stereocenters. The van der Waals surface area contributed by atoms with Crippen LogP contribution in [0.1, 0.15) is 27.2 Å². The molecule has 0 aliphatic carbocycles. The van der Waals surface area contributed by atoms with E-state index in [9.17, 15) is 13.2 Å². The second kappa shape index (κ2) is 6.36. The van der Waals surface area contributed by atoms with Crippen molar-refractivity contribution in [2.24, 2.45) is 0 Å². The molecule has 0 saturated heterocycles. The topological polar surface area (TPSA) is 93.1 Å². The molecule has 1 rings (SSSR count). The minimum Gasteiger partial charge on any atom is -0.364 e. The third-order valence-electron chi connectivity index (χ3n) is 2.54. The lowest BCUT2D eigenvalue weighted by Gasteiger charge is -2.25. The van der Waals surface area contributed by atoms with E-state index in [0.29, 0.717) is 6.54 Å². The van der Waals surface area contributed by atoms with Crippen LogP contribution < -0.4 is 15.6 Å². The Morgan fingerprint density at radius 3 is 2.60 bits per heavy atom. The van der Waals surface area contributed by atoms with Crippen LogP contribution in [0.25, 0.3) is 0 Å². The van der Waals surface area contributed by atoms with Crippen LogP contribution >= 0.6 is 0 Å². The fourth-order valence-corrected chi connectivity index (χ4v) is 2.90. The first-order chi connectivity index (χ1) is 9.14. The van der Waals surface area contributed by atoms with Crippen molar-refractivity contribution in [3.63, 3.8) is 0 Å². The van der Waals surface area contributed by atoms with Gasteiger partial charge in [-0.2, -0.15) is 0 Å². The summed E-state index contributed by atoms with van der Waals surface area (Å²) in [5, 5.41) is 2.90. The lowest BCUT2D eigenvalue weighted by Crippen LogP contribution is -2.48. The zero-order valence-electron chi connectivity index (χ0n) is 12.3. The van der Waals surface area contributed by atoms with Crippen molar-refractivity contribution in [1.29, 1.82) is 0 Å². The van der Waals surface area contributed by atoms with Gasteiger partial charge in [-0.05, 0) is 20.3 Å². The number of hydrogen-bond donors (Lipinski definition) is 2. The first-order valence-electron chi connectivity index (χ1n) is 6.43. The van der Waals surface area contributed by atoms with Crippen LogP contribution in [0.3, 0.4) is 0 Å². The number of aromatic nitrogens is 2. The Labute approximate surface area is 119 Å². The summed E-state index contributed by atoms with van der Waals surface area (Å²) in [6.07, 6.45) is 5.14. The Bertz CT molecular complexity index is 607. The van der Waals surface area contributed by atoms with Crippen molar-refractivity contribution in [3.8, 4) is 0 Å². The highest BCUT2D eigenvalue weighted by molar-refractivity contribution is 7.88. The lowest BCUT2D eigenvalue weighted by atomic mass is 10.1. The third kappa shape index (κ3) is 5.30. The molecule has 0 amide bonds. The van der Waals surface area contributed by atoms with Gasteiger partial charge in [0.25, 0.3) is 5.56 Å². The molecule has 114 valence electrons. The molecule has 0 bridgehead atoms. The second-order valence-corrected chi connectivity index (χ2v) is 7.13. The molecule has 0 saturated carbocycles. The van der Waals surface area contributed by atoms with E-state index >= 15 is 0 Å². The average Bonchev–Trinajstić information content (AvgIpc) is 2.27. The second-order valence-electron chi connectivity index (χ2n) is 5.39. The number of nitrogens with one attached hydrogen (secondary N) is 2. The molecule has 0 aliphatic rings. The molecule has 8 heteroatoms. The maximum Gasteiger partial charge on any atom is 0.293 e. The van der Waals surface area contributed by atoms with E-state index in [2.05, 4.69) is 15.0 Å².